The van der Waals surface area contributed by atoms with Gasteiger partial charge in [-0.3, -0.25) is 9.59 Å². The lowest BCUT2D eigenvalue weighted by molar-refractivity contribution is -0.117. The first-order chi connectivity index (χ1) is 13.7. The van der Waals surface area contributed by atoms with Gasteiger partial charge in [0.25, 0.3) is 5.91 Å². The first-order valence-electron chi connectivity index (χ1n) is 9.76. The molecule has 0 aliphatic carbocycles. The van der Waals surface area contributed by atoms with Gasteiger partial charge in [-0.2, -0.15) is 0 Å². The number of nitrogens with zero attached hydrogens (tertiary/aromatic N) is 1. The number of hydrogen-bond donors (Lipinski definition) is 1. The van der Waals surface area contributed by atoms with Gasteiger partial charge in [-0.15, -0.1) is 11.8 Å². The number of hydrogen-bond acceptors (Lipinski definition) is 4. The smallest absolute Gasteiger partial charge is 0.256 e. The highest BCUT2D eigenvalue weighted by Gasteiger charge is 2.22. The molecule has 1 N–H and O–H groups in total. The van der Waals surface area contributed by atoms with Crippen LogP contribution in [0.3, 0.4) is 0 Å². The summed E-state index contributed by atoms with van der Waals surface area (Å²) in [5.41, 5.74) is 2.19. The fraction of sp³-hybridized carbons (Fsp3) is 0.364. The van der Waals surface area contributed by atoms with E-state index in [1.807, 2.05) is 48.5 Å². The van der Waals surface area contributed by atoms with E-state index in [9.17, 15) is 9.59 Å². The van der Waals surface area contributed by atoms with E-state index < -0.39 is 0 Å². The lowest BCUT2D eigenvalue weighted by Crippen LogP contribution is -2.23. The van der Waals surface area contributed by atoms with Crippen LogP contribution in [0.5, 0.6) is 0 Å². The summed E-state index contributed by atoms with van der Waals surface area (Å²) in [5, 5.41) is 2.98. The Labute approximate surface area is 169 Å². The Hall–Kier alpha value is -2.31. The summed E-state index contributed by atoms with van der Waals surface area (Å²) in [5.74, 6) is 0.858. The second kappa shape index (κ2) is 8.80. The fourth-order valence-corrected chi connectivity index (χ4v) is 4.73. The number of nitrogens with one attached hydrogen (secondary N) is 1. The molecule has 146 valence electrons. The molecule has 2 aliphatic heterocycles. The van der Waals surface area contributed by atoms with Crippen molar-refractivity contribution >= 4 is 35.0 Å². The minimum atomic E-state index is -0.139. The summed E-state index contributed by atoms with van der Waals surface area (Å²) in [6, 6.07) is 15.2. The summed E-state index contributed by atoms with van der Waals surface area (Å²) in [6.07, 6.45) is 3.94. The van der Waals surface area contributed by atoms with Gasteiger partial charge >= 0.3 is 0 Å². The van der Waals surface area contributed by atoms with Gasteiger partial charge in [0.05, 0.1) is 11.7 Å². The molecule has 1 atom stereocenters. The van der Waals surface area contributed by atoms with Gasteiger partial charge in [-0.1, -0.05) is 18.2 Å². The second-order valence-electron chi connectivity index (χ2n) is 7.10. The van der Waals surface area contributed by atoms with Gasteiger partial charge in [0.15, 0.2) is 0 Å². The largest absolute Gasteiger partial charge is 0.377 e. The Morgan fingerprint density at radius 3 is 2.86 bits per heavy atom. The van der Waals surface area contributed by atoms with Crippen molar-refractivity contribution in [3.63, 3.8) is 0 Å². The van der Waals surface area contributed by atoms with Crippen molar-refractivity contribution in [2.24, 2.45) is 0 Å². The first-order valence-corrected chi connectivity index (χ1v) is 10.7. The molecule has 0 radical (unpaired) electrons. The normalized spacial score (nSPS) is 19.2. The van der Waals surface area contributed by atoms with Crippen LogP contribution in [0.1, 0.15) is 36.0 Å². The molecule has 2 saturated heterocycles. The average Bonchev–Trinajstić information content (AvgIpc) is 3.38. The molecule has 2 aliphatic rings. The van der Waals surface area contributed by atoms with Crippen LogP contribution in [0.15, 0.2) is 53.4 Å². The van der Waals surface area contributed by atoms with Crippen molar-refractivity contribution in [3.05, 3.63) is 54.1 Å². The zero-order valence-electron chi connectivity index (χ0n) is 15.7. The SMILES string of the molecule is O=C(Nc1cccc(N2CCCC2=O)c1)c1ccccc1SCC1CCCO1. The number of rotatable bonds is 6. The van der Waals surface area contributed by atoms with Crippen molar-refractivity contribution in [1.29, 1.82) is 0 Å². The monoisotopic (exact) mass is 396 g/mol. The van der Waals surface area contributed by atoms with E-state index in [1.165, 1.54) is 0 Å². The highest BCUT2D eigenvalue weighted by molar-refractivity contribution is 7.99. The van der Waals surface area contributed by atoms with E-state index >= 15 is 0 Å². The first kappa shape index (κ1) is 19.0. The van der Waals surface area contributed by atoms with Crippen molar-refractivity contribution < 1.29 is 14.3 Å². The minimum absolute atomic E-state index is 0.138. The maximum atomic E-state index is 12.9. The van der Waals surface area contributed by atoms with Crippen molar-refractivity contribution in [2.75, 3.05) is 29.1 Å². The van der Waals surface area contributed by atoms with Gasteiger partial charge in [0.2, 0.25) is 5.91 Å². The average molecular weight is 397 g/mol. The Kier molecular flexibility index (Phi) is 5.98. The number of carbonyl (C=O) groups is 2. The Balaban J connectivity index is 1.45. The van der Waals surface area contributed by atoms with Crippen LogP contribution in [-0.2, 0) is 9.53 Å². The zero-order chi connectivity index (χ0) is 19.3. The topological polar surface area (TPSA) is 58.6 Å². The van der Waals surface area contributed by atoms with Gasteiger partial charge in [0, 0.05) is 41.6 Å². The minimum Gasteiger partial charge on any atom is -0.377 e. The van der Waals surface area contributed by atoms with Crippen LogP contribution >= 0.6 is 11.8 Å². The molecule has 2 heterocycles. The van der Waals surface area contributed by atoms with Crippen LogP contribution in [-0.4, -0.2) is 36.8 Å². The van der Waals surface area contributed by atoms with E-state index in [0.717, 1.165) is 48.7 Å². The molecule has 6 heteroatoms. The number of ether oxygens (including phenoxy) is 1. The highest BCUT2D eigenvalue weighted by atomic mass is 32.2. The van der Waals surface area contributed by atoms with Crippen molar-refractivity contribution in [3.8, 4) is 0 Å². The molecule has 2 fully saturated rings. The Morgan fingerprint density at radius 1 is 1.18 bits per heavy atom. The third-order valence-electron chi connectivity index (χ3n) is 5.07. The molecule has 2 aromatic rings. The lowest BCUT2D eigenvalue weighted by atomic mass is 10.2. The highest BCUT2D eigenvalue weighted by Crippen LogP contribution is 2.28. The molecule has 2 aromatic carbocycles. The van der Waals surface area contributed by atoms with E-state index in [0.29, 0.717) is 17.7 Å². The number of thioether (sulfide) groups is 1. The summed E-state index contributed by atoms with van der Waals surface area (Å²) >= 11 is 1.67. The quantitative estimate of drug-likeness (QED) is 0.738. The van der Waals surface area contributed by atoms with Crippen LogP contribution in [0.25, 0.3) is 0 Å². The van der Waals surface area contributed by atoms with Gasteiger partial charge in [-0.25, -0.2) is 0 Å². The number of benzene rings is 2. The van der Waals surface area contributed by atoms with E-state index in [-0.39, 0.29) is 17.9 Å². The van der Waals surface area contributed by atoms with Crippen LogP contribution in [0.4, 0.5) is 11.4 Å². The molecule has 0 saturated carbocycles. The number of carbonyl (C=O) groups excluding carboxylic acids is 2. The van der Waals surface area contributed by atoms with Crippen molar-refractivity contribution in [1.82, 2.24) is 0 Å². The predicted molar refractivity (Wildman–Crippen MR) is 112 cm³/mol. The molecule has 4 rings (SSSR count). The fourth-order valence-electron chi connectivity index (χ4n) is 3.61. The van der Waals surface area contributed by atoms with E-state index in [1.54, 1.807) is 16.7 Å². The third-order valence-corrected chi connectivity index (χ3v) is 6.27. The molecule has 0 spiro atoms. The molecular formula is C22H24N2O3S. The standard InChI is InChI=1S/C22H24N2O3S/c25-21-11-4-12-24(21)17-7-3-6-16(14-17)23-22(26)19-9-1-2-10-20(19)28-15-18-8-5-13-27-18/h1-3,6-7,9-10,14,18H,4-5,8,11-13,15H2,(H,23,26). The van der Waals surface area contributed by atoms with Gasteiger partial charge in [0.1, 0.15) is 0 Å². The van der Waals surface area contributed by atoms with E-state index in [2.05, 4.69) is 5.32 Å². The maximum absolute atomic E-state index is 12.9. The van der Waals surface area contributed by atoms with Crippen molar-refractivity contribution in [2.45, 2.75) is 36.7 Å². The summed E-state index contributed by atoms with van der Waals surface area (Å²) < 4.78 is 5.69. The van der Waals surface area contributed by atoms with Crippen LogP contribution in [0, 0.1) is 0 Å². The summed E-state index contributed by atoms with van der Waals surface area (Å²) in [7, 11) is 0. The zero-order valence-corrected chi connectivity index (χ0v) is 16.5. The molecule has 2 amide bonds. The van der Waals surface area contributed by atoms with E-state index in [4.69, 9.17) is 4.74 Å². The van der Waals surface area contributed by atoms with Crippen LogP contribution < -0.4 is 10.2 Å². The Morgan fingerprint density at radius 2 is 2.07 bits per heavy atom. The maximum Gasteiger partial charge on any atom is 0.256 e. The second-order valence-corrected chi connectivity index (χ2v) is 8.16. The molecule has 1 unspecified atom stereocenters. The van der Waals surface area contributed by atoms with Gasteiger partial charge < -0.3 is 15.0 Å². The summed E-state index contributed by atoms with van der Waals surface area (Å²) in [4.78, 5) is 27.6. The summed E-state index contributed by atoms with van der Waals surface area (Å²) in [6.45, 7) is 1.57. The number of amides is 2. The number of anilines is 2. The molecule has 28 heavy (non-hydrogen) atoms. The Bertz CT molecular complexity index is 864. The lowest BCUT2D eigenvalue weighted by Gasteiger charge is -2.17. The van der Waals surface area contributed by atoms with Crippen LogP contribution in [0.2, 0.25) is 0 Å². The predicted octanol–water partition coefficient (Wildman–Crippen LogP) is 4.34. The van der Waals surface area contributed by atoms with Gasteiger partial charge in [-0.05, 0) is 49.6 Å². The molecular weight excluding hydrogens is 372 g/mol. The molecule has 5 nitrogen and oxygen atoms in total. The third kappa shape index (κ3) is 4.39. The molecule has 0 bridgehead atoms. The molecule has 0 aromatic heterocycles.